The predicted molar refractivity (Wildman–Crippen MR) is 80.9 cm³/mol. The fourth-order valence-corrected chi connectivity index (χ4v) is 3.46. The van der Waals surface area contributed by atoms with Crippen molar-refractivity contribution in [1.82, 2.24) is 10.3 Å². The van der Waals surface area contributed by atoms with Crippen molar-refractivity contribution < 1.29 is 0 Å². The van der Waals surface area contributed by atoms with Gasteiger partial charge in [-0.05, 0) is 55.2 Å². The van der Waals surface area contributed by atoms with Gasteiger partial charge in [-0.25, -0.2) is 0 Å². The van der Waals surface area contributed by atoms with E-state index in [-0.39, 0.29) is 0 Å². The molecule has 1 fully saturated rings. The first kappa shape index (κ1) is 14.5. The van der Waals surface area contributed by atoms with Gasteiger partial charge in [0.25, 0.3) is 0 Å². The lowest BCUT2D eigenvalue weighted by Crippen LogP contribution is -2.43. The number of aromatic nitrogens is 1. The third kappa shape index (κ3) is 3.79. The summed E-state index contributed by atoms with van der Waals surface area (Å²) in [7, 11) is 0. The average Bonchev–Trinajstić information content (AvgIpc) is 2.39. The monoisotopic (exact) mass is 260 g/mol. The van der Waals surface area contributed by atoms with Gasteiger partial charge in [0.15, 0.2) is 0 Å². The summed E-state index contributed by atoms with van der Waals surface area (Å²) in [6.07, 6.45) is 7.86. The highest BCUT2D eigenvalue weighted by Gasteiger charge is 2.31. The standard InChI is InChI=1S/C17H28N2/c1-12(2)16-6-5-13(3)11-17(16)19-14(4)15-7-9-18-10-8-15/h7-10,12-14,16-17,19H,5-6,11H2,1-4H3/t13?,14-,16?,17?/m0/s1. The highest BCUT2D eigenvalue weighted by molar-refractivity contribution is 5.14. The molecule has 0 aromatic carbocycles. The van der Waals surface area contributed by atoms with Crippen LogP contribution in [0, 0.1) is 17.8 Å². The van der Waals surface area contributed by atoms with E-state index in [0.29, 0.717) is 12.1 Å². The van der Waals surface area contributed by atoms with Crippen LogP contribution < -0.4 is 5.32 Å². The highest BCUT2D eigenvalue weighted by atomic mass is 15.0. The number of rotatable bonds is 4. The number of hydrogen-bond donors (Lipinski definition) is 1. The molecule has 106 valence electrons. The SMILES string of the molecule is CC1CCC(C(C)C)C(N[C@@H](C)c2ccncc2)C1. The van der Waals surface area contributed by atoms with Gasteiger partial charge in [-0.15, -0.1) is 0 Å². The molecule has 4 atom stereocenters. The Labute approximate surface area is 118 Å². The fourth-order valence-electron chi connectivity index (χ4n) is 3.46. The second-order valence-electron chi connectivity index (χ2n) is 6.60. The molecule has 2 rings (SSSR count). The van der Waals surface area contributed by atoms with Gasteiger partial charge in [0, 0.05) is 24.5 Å². The molecule has 1 aliphatic rings. The third-order valence-electron chi connectivity index (χ3n) is 4.69. The summed E-state index contributed by atoms with van der Waals surface area (Å²) < 4.78 is 0. The summed E-state index contributed by atoms with van der Waals surface area (Å²) in [5, 5.41) is 3.87. The molecule has 0 aliphatic heterocycles. The second kappa shape index (κ2) is 6.51. The first-order valence-electron chi connectivity index (χ1n) is 7.74. The van der Waals surface area contributed by atoms with Gasteiger partial charge < -0.3 is 5.32 Å². The molecule has 0 saturated heterocycles. The molecule has 0 bridgehead atoms. The number of pyridine rings is 1. The quantitative estimate of drug-likeness (QED) is 0.878. The molecule has 2 heteroatoms. The van der Waals surface area contributed by atoms with Crippen molar-refractivity contribution in [3.8, 4) is 0 Å². The Bertz CT molecular complexity index is 374. The smallest absolute Gasteiger partial charge is 0.0295 e. The van der Waals surface area contributed by atoms with Crippen LogP contribution in [0.3, 0.4) is 0 Å². The summed E-state index contributed by atoms with van der Waals surface area (Å²) in [5.41, 5.74) is 1.34. The molecule has 1 saturated carbocycles. The average molecular weight is 260 g/mol. The minimum absolute atomic E-state index is 0.416. The van der Waals surface area contributed by atoms with Crippen molar-refractivity contribution in [3.05, 3.63) is 30.1 Å². The van der Waals surface area contributed by atoms with Crippen LogP contribution in [0.1, 0.15) is 58.6 Å². The molecule has 3 unspecified atom stereocenters. The predicted octanol–water partition coefficient (Wildman–Crippen LogP) is 4.19. The molecule has 19 heavy (non-hydrogen) atoms. The largest absolute Gasteiger partial charge is 0.307 e. The van der Waals surface area contributed by atoms with Crippen molar-refractivity contribution in [2.45, 2.75) is 59.0 Å². The topological polar surface area (TPSA) is 24.9 Å². The van der Waals surface area contributed by atoms with E-state index in [4.69, 9.17) is 0 Å². The van der Waals surface area contributed by atoms with Crippen LogP contribution in [0.15, 0.2) is 24.5 Å². The Morgan fingerprint density at radius 1 is 1.16 bits per heavy atom. The Morgan fingerprint density at radius 3 is 2.47 bits per heavy atom. The lowest BCUT2D eigenvalue weighted by atomic mass is 9.73. The van der Waals surface area contributed by atoms with E-state index in [1.807, 2.05) is 12.4 Å². The van der Waals surface area contributed by atoms with E-state index in [1.165, 1.54) is 24.8 Å². The lowest BCUT2D eigenvalue weighted by molar-refractivity contribution is 0.161. The lowest BCUT2D eigenvalue weighted by Gasteiger charge is -2.39. The van der Waals surface area contributed by atoms with Gasteiger partial charge in [0.2, 0.25) is 0 Å². The molecule has 1 aromatic heterocycles. The summed E-state index contributed by atoms with van der Waals surface area (Å²) in [4.78, 5) is 4.10. The maximum absolute atomic E-state index is 4.10. The zero-order valence-corrected chi connectivity index (χ0v) is 12.8. The van der Waals surface area contributed by atoms with Crippen LogP contribution in [0.25, 0.3) is 0 Å². The van der Waals surface area contributed by atoms with Crippen molar-refractivity contribution in [1.29, 1.82) is 0 Å². The van der Waals surface area contributed by atoms with Crippen LogP contribution in [0.5, 0.6) is 0 Å². The van der Waals surface area contributed by atoms with Crippen molar-refractivity contribution in [2.24, 2.45) is 17.8 Å². The van der Waals surface area contributed by atoms with E-state index in [1.54, 1.807) is 0 Å². The van der Waals surface area contributed by atoms with Crippen molar-refractivity contribution in [3.63, 3.8) is 0 Å². The van der Waals surface area contributed by atoms with E-state index < -0.39 is 0 Å². The Morgan fingerprint density at radius 2 is 1.84 bits per heavy atom. The van der Waals surface area contributed by atoms with Crippen LogP contribution >= 0.6 is 0 Å². The van der Waals surface area contributed by atoms with Crippen LogP contribution in [0.2, 0.25) is 0 Å². The summed E-state index contributed by atoms with van der Waals surface area (Å²) >= 11 is 0. The molecular formula is C17H28N2. The molecule has 2 nitrogen and oxygen atoms in total. The molecule has 1 aliphatic carbocycles. The van der Waals surface area contributed by atoms with Gasteiger partial charge in [-0.3, -0.25) is 4.98 Å². The summed E-state index contributed by atoms with van der Waals surface area (Å²) in [5.74, 6) is 2.45. The van der Waals surface area contributed by atoms with Crippen molar-refractivity contribution in [2.75, 3.05) is 0 Å². The van der Waals surface area contributed by atoms with Gasteiger partial charge in [-0.2, -0.15) is 0 Å². The minimum atomic E-state index is 0.416. The Balaban J connectivity index is 2.02. The molecule has 1 heterocycles. The van der Waals surface area contributed by atoms with Crippen molar-refractivity contribution >= 4 is 0 Å². The van der Waals surface area contributed by atoms with Gasteiger partial charge in [-0.1, -0.05) is 27.2 Å². The minimum Gasteiger partial charge on any atom is -0.307 e. The maximum atomic E-state index is 4.10. The molecule has 0 radical (unpaired) electrons. The normalized spacial score (nSPS) is 29.4. The maximum Gasteiger partial charge on any atom is 0.0295 e. The zero-order chi connectivity index (χ0) is 13.8. The second-order valence-corrected chi connectivity index (χ2v) is 6.60. The summed E-state index contributed by atoms with van der Waals surface area (Å²) in [6, 6.07) is 5.31. The molecule has 1 aromatic rings. The van der Waals surface area contributed by atoms with E-state index in [9.17, 15) is 0 Å². The van der Waals surface area contributed by atoms with Crippen LogP contribution in [0.4, 0.5) is 0 Å². The van der Waals surface area contributed by atoms with E-state index in [2.05, 4.69) is 50.1 Å². The first-order chi connectivity index (χ1) is 9.08. The Hall–Kier alpha value is -0.890. The van der Waals surface area contributed by atoms with Crippen LogP contribution in [-0.4, -0.2) is 11.0 Å². The van der Waals surface area contributed by atoms with Gasteiger partial charge >= 0.3 is 0 Å². The fraction of sp³-hybridized carbons (Fsp3) is 0.706. The molecule has 0 amide bonds. The number of nitrogens with one attached hydrogen (secondary N) is 1. The molecule has 1 N–H and O–H groups in total. The van der Waals surface area contributed by atoms with Gasteiger partial charge in [0.1, 0.15) is 0 Å². The summed E-state index contributed by atoms with van der Waals surface area (Å²) in [6.45, 7) is 9.40. The highest BCUT2D eigenvalue weighted by Crippen LogP contribution is 2.34. The number of nitrogens with zero attached hydrogens (tertiary/aromatic N) is 1. The van der Waals surface area contributed by atoms with E-state index >= 15 is 0 Å². The number of hydrogen-bond acceptors (Lipinski definition) is 2. The van der Waals surface area contributed by atoms with Gasteiger partial charge in [0.05, 0.1) is 0 Å². The zero-order valence-electron chi connectivity index (χ0n) is 12.8. The molecular weight excluding hydrogens is 232 g/mol. The molecule has 0 spiro atoms. The van der Waals surface area contributed by atoms with E-state index in [0.717, 1.165) is 17.8 Å². The third-order valence-corrected chi connectivity index (χ3v) is 4.69. The Kier molecular flexibility index (Phi) is 4.98. The first-order valence-corrected chi connectivity index (χ1v) is 7.74. The van der Waals surface area contributed by atoms with Crippen LogP contribution in [-0.2, 0) is 0 Å².